The molecular formula is C26H24F2N4O4S. The SMILES string of the molecule is O=C(O)Cc1ccc(Nc2nc(N3CC=C(c4ccc(F)cc4)CC3)nc3c2S(=O)(=O)CCC3)c(F)c1. The average Bonchev–Trinajstić information content (AvgIpc) is 2.85. The number of hydrogen-bond acceptors (Lipinski definition) is 7. The van der Waals surface area contributed by atoms with E-state index >= 15 is 0 Å². The highest BCUT2D eigenvalue weighted by molar-refractivity contribution is 7.91. The molecule has 8 nitrogen and oxygen atoms in total. The van der Waals surface area contributed by atoms with E-state index in [-0.39, 0.29) is 40.0 Å². The molecule has 0 fully saturated rings. The van der Waals surface area contributed by atoms with Crippen LogP contribution < -0.4 is 10.2 Å². The van der Waals surface area contributed by atoms with E-state index in [4.69, 9.17) is 5.11 Å². The zero-order valence-electron chi connectivity index (χ0n) is 19.7. The van der Waals surface area contributed by atoms with E-state index in [0.29, 0.717) is 44.0 Å². The van der Waals surface area contributed by atoms with Gasteiger partial charge in [-0.25, -0.2) is 22.2 Å². The summed E-state index contributed by atoms with van der Waals surface area (Å²) in [6, 6.07) is 10.2. The lowest BCUT2D eigenvalue weighted by molar-refractivity contribution is -0.136. The average molecular weight is 527 g/mol. The van der Waals surface area contributed by atoms with Crippen LogP contribution in [-0.4, -0.2) is 48.3 Å². The van der Waals surface area contributed by atoms with Gasteiger partial charge in [-0.3, -0.25) is 4.79 Å². The number of sulfone groups is 1. The number of fused-ring (bicyclic) bond motifs is 1. The Morgan fingerprint density at radius 2 is 1.86 bits per heavy atom. The van der Waals surface area contributed by atoms with Gasteiger partial charge < -0.3 is 15.3 Å². The number of hydrogen-bond donors (Lipinski definition) is 2. The lowest BCUT2D eigenvalue weighted by Crippen LogP contribution is -2.31. The van der Waals surface area contributed by atoms with Crippen molar-refractivity contribution in [2.75, 3.05) is 29.1 Å². The van der Waals surface area contributed by atoms with Crippen LogP contribution in [0, 0.1) is 11.6 Å². The van der Waals surface area contributed by atoms with Crippen molar-refractivity contribution in [3.05, 3.63) is 77.0 Å². The summed E-state index contributed by atoms with van der Waals surface area (Å²) < 4.78 is 53.9. The summed E-state index contributed by atoms with van der Waals surface area (Å²) in [5, 5.41) is 11.8. The number of aromatic nitrogens is 2. The van der Waals surface area contributed by atoms with Gasteiger partial charge >= 0.3 is 5.97 Å². The van der Waals surface area contributed by atoms with Crippen molar-refractivity contribution >= 4 is 38.8 Å². The van der Waals surface area contributed by atoms with Crippen LogP contribution in [0.5, 0.6) is 0 Å². The number of rotatable bonds is 6. The highest BCUT2D eigenvalue weighted by atomic mass is 32.2. The number of aliphatic carboxylic acids is 1. The van der Waals surface area contributed by atoms with E-state index in [1.54, 1.807) is 12.1 Å². The minimum Gasteiger partial charge on any atom is -0.481 e. The molecule has 11 heteroatoms. The normalized spacial score (nSPS) is 16.6. The third-order valence-electron chi connectivity index (χ3n) is 6.41. The predicted molar refractivity (Wildman–Crippen MR) is 135 cm³/mol. The van der Waals surface area contributed by atoms with E-state index in [2.05, 4.69) is 15.3 Å². The van der Waals surface area contributed by atoms with Crippen molar-refractivity contribution < 1.29 is 27.1 Å². The molecule has 2 aliphatic rings. The molecule has 0 amide bonds. The Kier molecular flexibility index (Phi) is 6.63. The van der Waals surface area contributed by atoms with Crippen LogP contribution in [0.1, 0.15) is 29.7 Å². The molecule has 0 atom stereocenters. The fraction of sp³-hybridized carbons (Fsp3) is 0.269. The third kappa shape index (κ3) is 5.31. The van der Waals surface area contributed by atoms with Gasteiger partial charge in [-0.2, -0.15) is 4.98 Å². The number of halogens is 2. The highest BCUT2D eigenvalue weighted by Crippen LogP contribution is 2.34. The van der Waals surface area contributed by atoms with Gasteiger partial charge in [0.1, 0.15) is 16.5 Å². The first kappa shape index (κ1) is 24.8. The summed E-state index contributed by atoms with van der Waals surface area (Å²) in [7, 11) is -3.67. The maximum Gasteiger partial charge on any atom is 0.307 e. The van der Waals surface area contributed by atoms with Gasteiger partial charge in [0.25, 0.3) is 0 Å². The van der Waals surface area contributed by atoms with E-state index in [9.17, 15) is 22.0 Å². The van der Waals surface area contributed by atoms with E-state index < -0.39 is 21.6 Å². The van der Waals surface area contributed by atoms with Crippen LogP contribution in [0.25, 0.3) is 5.57 Å². The molecule has 0 aliphatic carbocycles. The zero-order valence-corrected chi connectivity index (χ0v) is 20.6. The minimum atomic E-state index is -3.67. The van der Waals surface area contributed by atoms with Crippen LogP contribution in [0.3, 0.4) is 0 Å². The van der Waals surface area contributed by atoms with Crippen LogP contribution in [0.4, 0.5) is 26.2 Å². The van der Waals surface area contributed by atoms with Crippen molar-refractivity contribution in [2.45, 2.75) is 30.6 Å². The van der Waals surface area contributed by atoms with E-state index in [0.717, 1.165) is 17.2 Å². The van der Waals surface area contributed by atoms with Crippen LogP contribution >= 0.6 is 0 Å². The Morgan fingerprint density at radius 3 is 2.54 bits per heavy atom. The molecule has 0 saturated carbocycles. The minimum absolute atomic E-state index is 0.00195. The van der Waals surface area contributed by atoms with Crippen molar-refractivity contribution in [1.82, 2.24) is 9.97 Å². The highest BCUT2D eigenvalue weighted by Gasteiger charge is 2.31. The monoisotopic (exact) mass is 526 g/mol. The molecule has 2 aliphatic heterocycles. The quantitative estimate of drug-likeness (QED) is 0.493. The summed E-state index contributed by atoms with van der Waals surface area (Å²) in [5.41, 5.74) is 2.65. The molecule has 0 saturated heterocycles. The first-order valence-electron chi connectivity index (χ1n) is 11.8. The van der Waals surface area contributed by atoms with E-state index in [1.807, 2.05) is 11.0 Å². The Morgan fingerprint density at radius 1 is 1.08 bits per heavy atom. The number of carboxylic acids is 1. The van der Waals surface area contributed by atoms with Crippen LogP contribution in [0.15, 0.2) is 53.4 Å². The van der Waals surface area contributed by atoms with Gasteiger partial charge in [-0.15, -0.1) is 0 Å². The molecule has 2 aromatic carbocycles. The third-order valence-corrected chi connectivity index (χ3v) is 8.29. The Balaban J connectivity index is 1.48. The van der Waals surface area contributed by atoms with Crippen LogP contribution in [-0.2, 0) is 27.5 Å². The van der Waals surface area contributed by atoms with Gasteiger partial charge in [-0.05, 0) is 60.2 Å². The van der Waals surface area contributed by atoms with E-state index in [1.165, 1.54) is 24.3 Å². The molecule has 2 N–H and O–H groups in total. The standard InChI is InChI=1S/C26H24F2N4O4S/c27-19-6-4-17(5-7-19)18-9-11-32(12-10-18)26-30-22-2-1-13-37(35,36)24(22)25(31-26)29-21-8-3-16(14-20(21)28)15-23(33)34/h3-9,14H,1-2,10-13,15H2,(H,33,34)(H,29,30,31). The van der Waals surface area contributed by atoms with Gasteiger partial charge in [0.15, 0.2) is 15.7 Å². The molecule has 3 heterocycles. The number of aryl methyl sites for hydroxylation is 1. The number of anilines is 3. The van der Waals surface area contributed by atoms with Gasteiger partial charge in [0.05, 0.1) is 23.6 Å². The van der Waals surface area contributed by atoms with Gasteiger partial charge in [0.2, 0.25) is 5.95 Å². The molecule has 0 radical (unpaired) electrons. The molecule has 0 spiro atoms. The summed E-state index contributed by atoms with van der Waals surface area (Å²) in [4.78, 5) is 21.9. The van der Waals surface area contributed by atoms with Crippen molar-refractivity contribution in [1.29, 1.82) is 0 Å². The molecular weight excluding hydrogens is 502 g/mol. The smallest absolute Gasteiger partial charge is 0.307 e. The van der Waals surface area contributed by atoms with Crippen LogP contribution in [0.2, 0.25) is 0 Å². The first-order valence-corrected chi connectivity index (χ1v) is 13.5. The first-order chi connectivity index (χ1) is 17.7. The number of benzene rings is 2. The summed E-state index contributed by atoms with van der Waals surface area (Å²) in [6.07, 6.45) is 3.21. The largest absolute Gasteiger partial charge is 0.481 e. The lowest BCUT2D eigenvalue weighted by atomic mass is 10.00. The Labute approximate surface area is 212 Å². The number of nitrogens with one attached hydrogen (secondary N) is 1. The number of nitrogens with zero attached hydrogens (tertiary/aromatic N) is 3. The second kappa shape index (κ2) is 9.89. The lowest BCUT2D eigenvalue weighted by Gasteiger charge is -2.29. The van der Waals surface area contributed by atoms with Crippen molar-refractivity contribution in [2.24, 2.45) is 0 Å². The molecule has 37 heavy (non-hydrogen) atoms. The fourth-order valence-electron chi connectivity index (χ4n) is 4.59. The Bertz CT molecular complexity index is 1510. The second-order valence-corrected chi connectivity index (χ2v) is 11.1. The van der Waals surface area contributed by atoms with Crippen molar-refractivity contribution in [3.8, 4) is 0 Å². The predicted octanol–water partition coefficient (Wildman–Crippen LogP) is 4.14. The second-order valence-electron chi connectivity index (χ2n) is 9.01. The summed E-state index contributed by atoms with van der Waals surface area (Å²) in [6.45, 7) is 1.03. The maximum atomic E-state index is 14.8. The fourth-order valence-corrected chi connectivity index (χ4v) is 6.21. The molecule has 192 valence electrons. The zero-order chi connectivity index (χ0) is 26.2. The molecule has 5 rings (SSSR count). The summed E-state index contributed by atoms with van der Waals surface area (Å²) >= 11 is 0. The Hall–Kier alpha value is -3.86. The summed E-state index contributed by atoms with van der Waals surface area (Å²) in [5.74, 6) is -1.82. The van der Waals surface area contributed by atoms with Crippen molar-refractivity contribution in [3.63, 3.8) is 0 Å². The molecule has 3 aromatic rings. The van der Waals surface area contributed by atoms with Gasteiger partial charge in [0, 0.05) is 13.1 Å². The topological polar surface area (TPSA) is 112 Å². The number of carboxylic acid groups (broad SMARTS) is 1. The maximum absolute atomic E-state index is 14.8. The molecule has 0 bridgehead atoms. The molecule has 0 unspecified atom stereocenters. The molecule has 1 aromatic heterocycles. The van der Waals surface area contributed by atoms with Gasteiger partial charge in [-0.1, -0.05) is 24.3 Å². The number of carbonyl (C=O) groups is 1.